The second-order valence-electron chi connectivity index (χ2n) is 9.70. The molecule has 6 rings (SSSR count). The van der Waals surface area contributed by atoms with Crippen molar-refractivity contribution in [1.82, 2.24) is 19.9 Å². The molecule has 1 saturated heterocycles. The molecule has 2 saturated carbocycles. The highest BCUT2D eigenvalue weighted by Crippen LogP contribution is 2.74. The SMILES string of the molecule is BC1(Oc2ccc(C(F)(F)F)cn2)CC23CC2CN(C(=O)c2cccc(F)c2-c2ncccn2)C13. The number of halogens is 4. The normalized spacial score (nSPS) is 28.6. The number of alkyl halides is 3. The number of hydrogen-bond donors (Lipinski definition) is 0. The molecule has 1 aliphatic heterocycles. The molecule has 0 radical (unpaired) electrons. The van der Waals surface area contributed by atoms with Gasteiger partial charge in [0.15, 0.2) is 13.7 Å². The molecule has 2 aromatic heterocycles. The number of ether oxygens (including phenoxy) is 1. The van der Waals surface area contributed by atoms with Gasteiger partial charge in [0.05, 0.1) is 28.2 Å². The van der Waals surface area contributed by atoms with E-state index in [9.17, 15) is 22.4 Å². The van der Waals surface area contributed by atoms with Crippen molar-refractivity contribution in [3.05, 3.63) is 71.9 Å². The maximum Gasteiger partial charge on any atom is 0.417 e. The van der Waals surface area contributed by atoms with Crippen LogP contribution in [0.1, 0.15) is 28.8 Å². The van der Waals surface area contributed by atoms with E-state index in [1.807, 2.05) is 7.85 Å². The Hall–Kier alpha value is -3.50. The maximum atomic E-state index is 14.8. The Morgan fingerprint density at radius 1 is 1.11 bits per heavy atom. The molecule has 6 nitrogen and oxygen atoms in total. The van der Waals surface area contributed by atoms with E-state index in [4.69, 9.17) is 4.74 Å². The van der Waals surface area contributed by atoms with Gasteiger partial charge in [-0.1, -0.05) is 6.07 Å². The molecule has 3 heterocycles. The predicted octanol–water partition coefficient (Wildman–Crippen LogP) is 3.34. The minimum absolute atomic E-state index is 0.0408. The van der Waals surface area contributed by atoms with E-state index < -0.39 is 23.1 Å². The summed E-state index contributed by atoms with van der Waals surface area (Å²) >= 11 is 0. The van der Waals surface area contributed by atoms with Crippen LogP contribution in [0.5, 0.6) is 5.88 Å². The van der Waals surface area contributed by atoms with Gasteiger partial charge < -0.3 is 9.64 Å². The molecule has 0 N–H and O–H groups in total. The van der Waals surface area contributed by atoms with Crippen molar-refractivity contribution < 1.29 is 27.1 Å². The van der Waals surface area contributed by atoms with Crippen LogP contribution < -0.4 is 4.74 Å². The number of aromatic nitrogens is 3. The van der Waals surface area contributed by atoms with E-state index in [1.54, 1.807) is 17.0 Å². The smallest absolute Gasteiger partial charge is 0.417 e. The lowest BCUT2D eigenvalue weighted by molar-refractivity contribution is -0.137. The first kappa shape index (κ1) is 22.0. The number of carbonyl (C=O) groups excluding carboxylic acids is 1. The first-order valence-electron chi connectivity index (χ1n) is 11.2. The minimum Gasteiger partial charge on any atom is -0.479 e. The molecular formula is C24H19BF4N4O2. The van der Waals surface area contributed by atoms with Crippen LogP contribution in [-0.4, -0.2) is 51.7 Å². The van der Waals surface area contributed by atoms with Crippen LogP contribution in [0, 0.1) is 17.2 Å². The molecule has 1 amide bonds. The van der Waals surface area contributed by atoms with Crippen LogP contribution >= 0.6 is 0 Å². The number of hydrogen-bond acceptors (Lipinski definition) is 5. The van der Waals surface area contributed by atoms with Crippen LogP contribution in [0.4, 0.5) is 17.6 Å². The van der Waals surface area contributed by atoms with E-state index in [2.05, 4.69) is 15.0 Å². The van der Waals surface area contributed by atoms with Crippen molar-refractivity contribution in [2.24, 2.45) is 11.3 Å². The molecule has 3 aliphatic rings. The summed E-state index contributed by atoms with van der Waals surface area (Å²) < 4.78 is 59.6. The summed E-state index contributed by atoms with van der Waals surface area (Å²) in [4.78, 5) is 27.6. The van der Waals surface area contributed by atoms with E-state index in [0.29, 0.717) is 18.9 Å². The van der Waals surface area contributed by atoms with Crippen molar-refractivity contribution in [2.45, 2.75) is 30.6 Å². The number of pyridine rings is 1. The minimum atomic E-state index is -4.49. The van der Waals surface area contributed by atoms with Crippen molar-refractivity contribution >= 4 is 13.8 Å². The molecule has 4 unspecified atom stereocenters. The summed E-state index contributed by atoms with van der Waals surface area (Å²) in [6.45, 7) is 0.508. The zero-order chi connectivity index (χ0) is 24.6. The van der Waals surface area contributed by atoms with Crippen LogP contribution in [0.15, 0.2) is 55.0 Å². The fourth-order valence-corrected chi connectivity index (χ4v) is 6.16. The molecule has 4 atom stereocenters. The summed E-state index contributed by atoms with van der Waals surface area (Å²) in [6, 6.07) is 7.73. The molecule has 1 spiro atoms. The van der Waals surface area contributed by atoms with Crippen LogP contribution in [0.3, 0.4) is 0 Å². The van der Waals surface area contributed by atoms with Crippen LogP contribution in [0.2, 0.25) is 0 Å². The number of nitrogens with zero attached hydrogens (tertiary/aromatic N) is 4. The Balaban J connectivity index is 1.30. The molecule has 178 valence electrons. The highest BCUT2D eigenvalue weighted by atomic mass is 19.4. The van der Waals surface area contributed by atoms with Gasteiger partial charge in [-0.15, -0.1) is 0 Å². The third-order valence-corrected chi connectivity index (χ3v) is 7.51. The van der Waals surface area contributed by atoms with Crippen LogP contribution in [0.25, 0.3) is 11.4 Å². The molecule has 0 bridgehead atoms. The van der Waals surface area contributed by atoms with Gasteiger partial charge in [0.2, 0.25) is 5.88 Å². The van der Waals surface area contributed by atoms with Gasteiger partial charge >= 0.3 is 6.18 Å². The summed E-state index contributed by atoms with van der Waals surface area (Å²) in [5.74, 6) is -0.439. The van der Waals surface area contributed by atoms with E-state index in [-0.39, 0.29) is 40.2 Å². The first-order chi connectivity index (χ1) is 16.6. The van der Waals surface area contributed by atoms with Gasteiger partial charge in [0, 0.05) is 36.6 Å². The molecule has 3 aromatic rings. The molecule has 11 heteroatoms. The number of amides is 1. The van der Waals surface area contributed by atoms with E-state index in [1.165, 1.54) is 30.6 Å². The number of carbonyl (C=O) groups is 1. The molecular weight excluding hydrogens is 463 g/mol. The average Bonchev–Trinajstić information content (AvgIpc) is 3.44. The quantitative estimate of drug-likeness (QED) is 0.422. The zero-order valence-corrected chi connectivity index (χ0v) is 18.6. The summed E-state index contributed by atoms with van der Waals surface area (Å²) in [7, 11) is 1.84. The zero-order valence-electron chi connectivity index (χ0n) is 18.6. The lowest BCUT2D eigenvalue weighted by Crippen LogP contribution is -2.69. The Bertz CT molecular complexity index is 1320. The van der Waals surface area contributed by atoms with Gasteiger partial charge in [-0.3, -0.25) is 4.79 Å². The Labute approximate surface area is 198 Å². The number of piperidine rings is 1. The largest absolute Gasteiger partial charge is 0.479 e. The van der Waals surface area contributed by atoms with Gasteiger partial charge in [-0.25, -0.2) is 19.3 Å². The monoisotopic (exact) mass is 482 g/mol. The molecule has 3 fully saturated rings. The first-order valence-corrected chi connectivity index (χ1v) is 11.2. The summed E-state index contributed by atoms with van der Waals surface area (Å²) in [5.41, 5.74) is -1.56. The molecule has 2 aliphatic carbocycles. The standard InChI is InChI=1S/C24H19BF4N4O2/c25-23(35-17-6-5-13(10-32-17)24(27,28)29)12-22-9-14(22)11-33(21(22)23)20(34)15-3-1-4-16(26)18(15)19-30-7-2-8-31-19/h1-8,10,14,21H,9,11-12,25H2. The Morgan fingerprint density at radius 3 is 2.57 bits per heavy atom. The lowest BCUT2D eigenvalue weighted by Gasteiger charge is -2.55. The topological polar surface area (TPSA) is 68.2 Å². The Morgan fingerprint density at radius 2 is 1.89 bits per heavy atom. The molecule has 1 aromatic carbocycles. The fraction of sp³-hybridized carbons (Fsp3) is 0.333. The van der Waals surface area contributed by atoms with Gasteiger partial charge in [0.25, 0.3) is 5.91 Å². The van der Waals surface area contributed by atoms with Gasteiger partial charge in [-0.05, 0) is 43.0 Å². The Kier molecular flexibility index (Phi) is 4.56. The van der Waals surface area contributed by atoms with Crippen molar-refractivity contribution in [1.29, 1.82) is 0 Å². The second-order valence-corrected chi connectivity index (χ2v) is 9.70. The maximum absolute atomic E-state index is 14.8. The van der Waals surface area contributed by atoms with Crippen LogP contribution in [-0.2, 0) is 6.18 Å². The average molecular weight is 482 g/mol. The second kappa shape index (κ2) is 7.25. The number of likely N-dealkylation sites (tertiary alicyclic amines) is 1. The fourth-order valence-electron chi connectivity index (χ4n) is 6.16. The van der Waals surface area contributed by atoms with Gasteiger partial charge in [0.1, 0.15) is 5.82 Å². The number of rotatable bonds is 4. The highest BCUT2D eigenvalue weighted by Gasteiger charge is 2.80. The van der Waals surface area contributed by atoms with Crippen molar-refractivity contribution in [3.63, 3.8) is 0 Å². The molecule has 35 heavy (non-hydrogen) atoms. The lowest BCUT2D eigenvalue weighted by atomic mass is 9.53. The summed E-state index contributed by atoms with van der Waals surface area (Å²) in [6.07, 6.45) is 0.840. The number of benzene rings is 1. The third kappa shape index (κ3) is 3.31. The van der Waals surface area contributed by atoms with Crippen molar-refractivity contribution in [2.75, 3.05) is 6.54 Å². The van der Waals surface area contributed by atoms with E-state index in [0.717, 1.165) is 18.7 Å². The predicted molar refractivity (Wildman–Crippen MR) is 119 cm³/mol. The summed E-state index contributed by atoms with van der Waals surface area (Å²) in [5, 5.41) is 0. The van der Waals surface area contributed by atoms with E-state index >= 15 is 0 Å². The van der Waals surface area contributed by atoms with Crippen molar-refractivity contribution in [3.8, 4) is 17.3 Å². The third-order valence-electron chi connectivity index (χ3n) is 7.51. The van der Waals surface area contributed by atoms with Gasteiger partial charge in [-0.2, -0.15) is 13.2 Å². The highest BCUT2D eigenvalue weighted by molar-refractivity contribution is 6.17.